The minimum Gasteiger partial charge on any atom is -0.322 e. The highest BCUT2D eigenvalue weighted by Crippen LogP contribution is 2.31. The van der Waals surface area contributed by atoms with Crippen LogP contribution in [0.5, 0.6) is 0 Å². The van der Waals surface area contributed by atoms with Crippen molar-refractivity contribution in [3.63, 3.8) is 0 Å². The Morgan fingerprint density at radius 2 is 1.82 bits per heavy atom. The zero-order chi connectivity index (χ0) is 23.0. The molecular formula is C25H22N4O3S. The summed E-state index contributed by atoms with van der Waals surface area (Å²) in [5, 5.41) is 5.09. The predicted molar refractivity (Wildman–Crippen MR) is 131 cm³/mol. The van der Waals surface area contributed by atoms with Gasteiger partial charge >= 0.3 is 10.2 Å². The van der Waals surface area contributed by atoms with Crippen LogP contribution in [0.1, 0.15) is 15.9 Å². The van der Waals surface area contributed by atoms with Crippen LogP contribution in [0.25, 0.3) is 22.0 Å². The van der Waals surface area contributed by atoms with Crippen molar-refractivity contribution in [1.29, 1.82) is 0 Å². The van der Waals surface area contributed by atoms with E-state index < -0.39 is 10.2 Å². The standard InChI is InChI=1S/C25H22N4O3S/c1-17-6-9-20(16-23(17)24-22-5-3-2-4-18(22)12-13-26-24)28-25(30)19-7-10-21(11-8-19)29-15-14-27-33(29,31)32/h2-13,16,27H,14-15H2,1H3,(H,28,30). The van der Waals surface area contributed by atoms with Crippen molar-refractivity contribution in [2.75, 3.05) is 22.7 Å². The van der Waals surface area contributed by atoms with Gasteiger partial charge in [0.25, 0.3) is 5.91 Å². The summed E-state index contributed by atoms with van der Waals surface area (Å²) in [7, 11) is -3.50. The number of hydrogen-bond donors (Lipinski definition) is 2. The first-order valence-corrected chi connectivity index (χ1v) is 12.0. The monoisotopic (exact) mass is 458 g/mol. The number of nitrogens with one attached hydrogen (secondary N) is 2. The van der Waals surface area contributed by atoms with Crippen LogP contribution in [0.3, 0.4) is 0 Å². The third kappa shape index (κ3) is 4.06. The van der Waals surface area contributed by atoms with E-state index in [1.54, 1.807) is 30.5 Å². The van der Waals surface area contributed by atoms with Crippen LogP contribution in [-0.2, 0) is 10.2 Å². The molecule has 0 saturated carbocycles. The maximum Gasteiger partial charge on any atom is 0.301 e. The van der Waals surface area contributed by atoms with Gasteiger partial charge in [-0.15, -0.1) is 0 Å². The van der Waals surface area contributed by atoms with Gasteiger partial charge in [0.05, 0.1) is 11.4 Å². The molecule has 0 bridgehead atoms. The van der Waals surface area contributed by atoms with Crippen molar-refractivity contribution in [3.8, 4) is 11.3 Å². The van der Waals surface area contributed by atoms with Gasteiger partial charge in [-0.1, -0.05) is 30.3 Å². The second kappa shape index (κ2) is 8.31. The first-order chi connectivity index (χ1) is 15.9. The zero-order valence-corrected chi connectivity index (χ0v) is 18.8. The van der Waals surface area contributed by atoms with Gasteiger partial charge in [0.2, 0.25) is 0 Å². The first-order valence-electron chi connectivity index (χ1n) is 10.6. The SMILES string of the molecule is Cc1ccc(NC(=O)c2ccc(N3CCNS3(=O)=O)cc2)cc1-c1nccc2ccccc12. The van der Waals surface area contributed by atoms with E-state index in [9.17, 15) is 13.2 Å². The van der Waals surface area contributed by atoms with Crippen molar-refractivity contribution in [2.24, 2.45) is 0 Å². The van der Waals surface area contributed by atoms with Gasteiger partial charge in [-0.3, -0.25) is 14.1 Å². The van der Waals surface area contributed by atoms with Gasteiger partial charge in [0.1, 0.15) is 0 Å². The molecule has 0 aliphatic carbocycles. The fourth-order valence-corrected chi connectivity index (χ4v) is 5.25. The number of amides is 1. The molecule has 7 nitrogen and oxygen atoms in total. The van der Waals surface area contributed by atoms with E-state index in [4.69, 9.17) is 0 Å². The van der Waals surface area contributed by atoms with Crippen molar-refractivity contribution in [2.45, 2.75) is 6.92 Å². The van der Waals surface area contributed by atoms with E-state index in [1.165, 1.54) is 4.31 Å². The number of hydrogen-bond acceptors (Lipinski definition) is 4. The molecule has 5 rings (SSSR count). The lowest BCUT2D eigenvalue weighted by atomic mass is 9.99. The van der Waals surface area contributed by atoms with Gasteiger partial charge in [0.15, 0.2) is 0 Å². The molecule has 1 fully saturated rings. The summed E-state index contributed by atoms with van der Waals surface area (Å²) < 4.78 is 27.8. The molecule has 0 unspecified atom stereocenters. The second-order valence-corrected chi connectivity index (χ2v) is 9.56. The molecule has 0 atom stereocenters. The zero-order valence-electron chi connectivity index (χ0n) is 17.9. The van der Waals surface area contributed by atoms with Crippen LogP contribution in [0.15, 0.2) is 79.0 Å². The van der Waals surface area contributed by atoms with Gasteiger partial charge in [-0.05, 0) is 60.3 Å². The molecule has 166 valence electrons. The minimum absolute atomic E-state index is 0.273. The molecule has 4 aromatic rings. The number of aryl methyl sites for hydroxylation is 1. The lowest BCUT2D eigenvalue weighted by molar-refractivity contribution is 0.102. The predicted octanol–water partition coefficient (Wildman–Crippen LogP) is 4.12. The van der Waals surface area contributed by atoms with Crippen molar-refractivity contribution >= 4 is 38.3 Å². The van der Waals surface area contributed by atoms with Crippen LogP contribution in [0.4, 0.5) is 11.4 Å². The summed E-state index contributed by atoms with van der Waals surface area (Å²) in [6.07, 6.45) is 1.79. The molecule has 33 heavy (non-hydrogen) atoms. The number of carbonyl (C=O) groups excluding carboxylic acids is 1. The quantitative estimate of drug-likeness (QED) is 0.481. The third-order valence-corrected chi connectivity index (χ3v) is 7.27. The van der Waals surface area contributed by atoms with E-state index in [2.05, 4.69) is 21.1 Å². The molecule has 1 aromatic heterocycles. The molecule has 1 amide bonds. The van der Waals surface area contributed by atoms with Crippen molar-refractivity contribution in [3.05, 3.63) is 90.1 Å². The Morgan fingerprint density at radius 1 is 1.03 bits per heavy atom. The number of nitrogens with zero attached hydrogens (tertiary/aromatic N) is 2. The van der Waals surface area contributed by atoms with Gasteiger partial charge in [-0.2, -0.15) is 13.1 Å². The lowest BCUT2D eigenvalue weighted by Gasteiger charge is -2.16. The largest absolute Gasteiger partial charge is 0.322 e. The Labute approximate surface area is 192 Å². The number of benzene rings is 3. The summed E-state index contributed by atoms with van der Waals surface area (Å²) >= 11 is 0. The van der Waals surface area contributed by atoms with Crippen LogP contribution in [-0.4, -0.2) is 32.4 Å². The van der Waals surface area contributed by atoms with E-state index in [-0.39, 0.29) is 5.91 Å². The molecule has 0 radical (unpaired) electrons. The Balaban J connectivity index is 1.40. The van der Waals surface area contributed by atoms with Gasteiger partial charge < -0.3 is 5.32 Å². The molecule has 2 heterocycles. The maximum absolute atomic E-state index is 12.8. The average Bonchev–Trinajstić information content (AvgIpc) is 3.19. The Bertz CT molecular complexity index is 1460. The maximum atomic E-state index is 12.8. The van der Waals surface area contributed by atoms with Crippen LogP contribution in [0.2, 0.25) is 0 Å². The van der Waals surface area contributed by atoms with E-state index in [0.29, 0.717) is 30.0 Å². The number of carbonyl (C=O) groups is 1. The van der Waals surface area contributed by atoms with Crippen molar-refractivity contribution in [1.82, 2.24) is 9.71 Å². The van der Waals surface area contributed by atoms with Crippen LogP contribution < -0.4 is 14.3 Å². The van der Waals surface area contributed by atoms with E-state index >= 15 is 0 Å². The van der Waals surface area contributed by atoms with Gasteiger partial charge in [0, 0.05) is 41.5 Å². The Kier molecular flexibility index (Phi) is 5.32. The molecule has 1 saturated heterocycles. The molecule has 8 heteroatoms. The number of aromatic nitrogens is 1. The topological polar surface area (TPSA) is 91.4 Å². The summed E-state index contributed by atoms with van der Waals surface area (Å²) in [5.74, 6) is -0.273. The average molecular weight is 459 g/mol. The summed E-state index contributed by atoms with van der Waals surface area (Å²) in [5.41, 5.74) is 4.50. The number of anilines is 2. The number of rotatable bonds is 4. The Morgan fingerprint density at radius 3 is 2.58 bits per heavy atom. The molecule has 3 aromatic carbocycles. The smallest absolute Gasteiger partial charge is 0.301 e. The Hall–Kier alpha value is -3.75. The molecular weight excluding hydrogens is 436 g/mol. The summed E-state index contributed by atoms with van der Waals surface area (Å²) in [6.45, 7) is 2.75. The molecule has 0 spiro atoms. The highest BCUT2D eigenvalue weighted by molar-refractivity contribution is 7.91. The van der Waals surface area contributed by atoms with E-state index in [1.807, 2.05) is 49.4 Å². The molecule has 2 N–H and O–H groups in total. The van der Waals surface area contributed by atoms with Crippen LogP contribution in [0, 0.1) is 6.92 Å². The van der Waals surface area contributed by atoms with E-state index in [0.717, 1.165) is 27.6 Å². The van der Waals surface area contributed by atoms with Crippen molar-refractivity contribution < 1.29 is 13.2 Å². The summed E-state index contributed by atoms with van der Waals surface area (Å²) in [4.78, 5) is 17.5. The fourth-order valence-electron chi connectivity index (χ4n) is 4.01. The lowest BCUT2D eigenvalue weighted by Crippen LogP contribution is -2.29. The number of pyridine rings is 1. The fraction of sp³-hybridized carbons (Fsp3) is 0.120. The normalized spacial score (nSPS) is 15.0. The highest BCUT2D eigenvalue weighted by atomic mass is 32.2. The van der Waals surface area contributed by atoms with Crippen LogP contribution >= 0.6 is 0 Å². The minimum atomic E-state index is -3.50. The second-order valence-electron chi connectivity index (χ2n) is 7.88. The summed E-state index contributed by atoms with van der Waals surface area (Å²) in [6, 6.07) is 22.3. The number of fused-ring (bicyclic) bond motifs is 1. The molecule has 1 aliphatic heterocycles. The first kappa shape index (κ1) is 21.1. The highest BCUT2D eigenvalue weighted by Gasteiger charge is 2.27. The molecule has 1 aliphatic rings. The van der Waals surface area contributed by atoms with Gasteiger partial charge in [-0.25, -0.2) is 0 Å². The third-order valence-electron chi connectivity index (χ3n) is 5.73.